The van der Waals surface area contributed by atoms with Crippen molar-refractivity contribution in [2.24, 2.45) is 29.1 Å². The van der Waals surface area contributed by atoms with Crippen molar-refractivity contribution < 1.29 is 0 Å². The van der Waals surface area contributed by atoms with E-state index in [4.69, 9.17) is 0 Å². The quantitative estimate of drug-likeness (QED) is 0.677. The number of nitrogens with zero attached hydrogens (tertiary/aromatic N) is 1. The van der Waals surface area contributed by atoms with Crippen LogP contribution in [-0.2, 0) is 0 Å². The van der Waals surface area contributed by atoms with Gasteiger partial charge in [-0.3, -0.25) is 0 Å². The standard InChI is InChI=1S/C19H33N/c1-13-12-14(2)17(13)8-9-18-16(4)20(7)11-10-15(3)19(18,5)6/h8-9,13-15,17H,10-12H2,1-7H3/b9-8-/t13?,14?,15-,17?/m1/s1. The molecule has 1 aliphatic carbocycles. The molecule has 0 N–H and O–H groups in total. The number of allylic oxidation sites excluding steroid dienone is 4. The normalized spacial score (nSPS) is 38.0. The van der Waals surface area contributed by atoms with Crippen LogP contribution < -0.4 is 0 Å². The van der Waals surface area contributed by atoms with Gasteiger partial charge in [0.25, 0.3) is 0 Å². The van der Waals surface area contributed by atoms with Crippen LogP contribution in [0.1, 0.15) is 54.4 Å². The molecule has 1 nitrogen and oxygen atoms in total. The molecule has 3 atom stereocenters. The molecule has 0 spiro atoms. The molecule has 20 heavy (non-hydrogen) atoms. The van der Waals surface area contributed by atoms with Crippen molar-refractivity contribution in [2.45, 2.75) is 54.4 Å². The summed E-state index contributed by atoms with van der Waals surface area (Å²) in [5.74, 6) is 3.26. The monoisotopic (exact) mass is 275 g/mol. The highest BCUT2D eigenvalue weighted by Gasteiger charge is 2.35. The van der Waals surface area contributed by atoms with Gasteiger partial charge in [0.15, 0.2) is 0 Å². The maximum Gasteiger partial charge on any atom is 0.0174 e. The lowest BCUT2D eigenvalue weighted by Gasteiger charge is -2.40. The van der Waals surface area contributed by atoms with Crippen LogP contribution in [0.3, 0.4) is 0 Å². The van der Waals surface area contributed by atoms with Crippen molar-refractivity contribution in [3.63, 3.8) is 0 Å². The van der Waals surface area contributed by atoms with E-state index in [1.165, 1.54) is 25.1 Å². The molecule has 0 aromatic rings. The maximum absolute atomic E-state index is 2.51. The highest BCUT2D eigenvalue weighted by molar-refractivity contribution is 5.32. The van der Waals surface area contributed by atoms with Gasteiger partial charge < -0.3 is 4.90 Å². The van der Waals surface area contributed by atoms with Crippen molar-refractivity contribution in [1.82, 2.24) is 4.90 Å². The average Bonchev–Trinajstić information content (AvgIpc) is 2.44. The van der Waals surface area contributed by atoms with Crippen LogP contribution in [0.4, 0.5) is 0 Å². The minimum absolute atomic E-state index is 0.279. The Labute approximate surface area is 126 Å². The predicted octanol–water partition coefficient (Wildman–Crippen LogP) is 5.11. The zero-order valence-corrected chi connectivity index (χ0v) is 14.5. The smallest absolute Gasteiger partial charge is 0.0174 e. The fraction of sp³-hybridized carbons (Fsp3) is 0.789. The van der Waals surface area contributed by atoms with E-state index in [0.29, 0.717) is 0 Å². The molecule has 1 heterocycles. The highest BCUT2D eigenvalue weighted by atomic mass is 15.1. The lowest BCUT2D eigenvalue weighted by atomic mass is 9.65. The van der Waals surface area contributed by atoms with Crippen molar-refractivity contribution in [2.75, 3.05) is 13.6 Å². The largest absolute Gasteiger partial charge is 0.378 e. The first-order valence-electron chi connectivity index (χ1n) is 8.35. The SMILES string of the molecule is CC1=C(/C=C\C2C(C)CC2C)C(C)(C)[C@H](C)CCN1C. The Morgan fingerprint density at radius 3 is 2.30 bits per heavy atom. The Bertz CT molecular complexity index is 407. The van der Waals surface area contributed by atoms with Crippen LogP contribution in [0.5, 0.6) is 0 Å². The van der Waals surface area contributed by atoms with Crippen LogP contribution in [0.15, 0.2) is 23.4 Å². The number of hydrogen-bond acceptors (Lipinski definition) is 1. The Hall–Kier alpha value is -0.720. The Morgan fingerprint density at radius 2 is 1.75 bits per heavy atom. The molecule has 0 bridgehead atoms. The Morgan fingerprint density at radius 1 is 1.15 bits per heavy atom. The predicted molar refractivity (Wildman–Crippen MR) is 88.5 cm³/mol. The molecule has 1 fully saturated rings. The lowest BCUT2D eigenvalue weighted by molar-refractivity contribution is 0.148. The van der Waals surface area contributed by atoms with E-state index in [1.807, 2.05) is 0 Å². The summed E-state index contributed by atoms with van der Waals surface area (Å²) in [6.07, 6.45) is 7.65. The highest BCUT2D eigenvalue weighted by Crippen LogP contribution is 2.44. The summed E-state index contributed by atoms with van der Waals surface area (Å²) >= 11 is 0. The van der Waals surface area contributed by atoms with Gasteiger partial charge in [0, 0.05) is 19.3 Å². The van der Waals surface area contributed by atoms with Gasteiger partial charge in [-0.15, -0.1) is 0 Å². The van der Waals surface area contributed by atoms with Gasteiger partial charge in [0.1, 0.15) is 0 Å². The van der Waals surface area contributed by atoms with Crippen LogP contribution in [0, 0.1) is 29.1 Å². The lowest BCUT2D eigenvalue weighted by Crippen LogP contribution is -2.31. The molecule has 0 amide bonds. The molecular weight excluding hydrogens is 242 g/mol. The third-order valence-electron chi connectivity index (χ3n) is 6.33. The van der Waals surface area contributed by atoms with Gasteiger partial charge in [-0.2, -0.15) is 0 Å². The molecule has 1 heteroatoms. The molecule has 2 rings (SSSR count). The molecule has 0 radical (unpaired) electrons. The first-order valence-corrected chi connectivity index (χ1v) is 8.35. The van der Waals surface area contributed by atoms with Crippen molar-refractivity contribution in [3.05, 3.63) is 23.4 Å². The second kappa shape index (κ2) is 5.58. The second-order valence-corrected chi connectivity index (χ2v) is 7.96. The van der Waals surface area contributed by atoms with Gasteiger partial charge >= 0.3 is 0 Å². The van der Waals surface area contributed by atoms with E-state index in [-0.39, 0.29) is 5.41 Å². The van der Waals surface area contributed by atoms with Crippen LogP contribution >= 0.6 is 0 Å². The molecule has 0 saturated heterocycles. The Balaban J connectivity index is 2.29. The van der Waals surface area contributed by atoms with Crippen molar-refractivity contribution >= 4 is 0 Å². The van der Waals surface area contributed by atoms with Gasteiger partial charge in [0.2, 0.25) is 0 Å². The third kappa shape index (κ3) is 2.69. The summed E-state index contributed by atoms with van der Waals surface area (Å²) in [5.41, 5.74) is 3.30. The molecule has 1 aliphatic heterocycles. The molecule has 2 aliphatic rings. The zero-order chi connectivity index (χ0) is 15.1. The summed E-state index contributed by atoms with van der Waals surface area (Å²) < 4.78 is 0. The average molecular weight is 275 g/mol. The Kier molecular flexibility index (Phi) is 4.37. The van der Waals surface area contributed by atoms with Gasteiger partial charge in [-0.25, -0.2) is 0 Å². The van der Waals surface area contributed by atoms with E-state index >= 15 is 0 Å². The first kappa shape index (κ1) is 15.7. The summed E-state index contributed by atoms with van der Waals surface area (Å²) in [7, 11) is 2.24. The van der Waals surface area contributed by atoms with Gasteiger partial charge in [-0.05, 0) is 54.4 Å². The molecule has 1 saturated carbocycles. The molecule has 0 aromatic carbocycles. The summed E-state index contributed by atoms with van der Waals surface area (Å²) in [6, 6.07) is 0. The molecule has 114 valence electrons. The second-order valence-electron chi connectivity index (χ2n) is 7.96. The van der Waals surface area contributed by atoms with E-state index < -0.39 is 0 Å². The van der Waals surface area contributed by atoms with Crippen LogP contribution in [-0.4, -0.2) is 18.5 Å². The van der Waals surface area contributed by atoms with E-state index in [2.05, 4.69) is 65.6 Å². The van der Waals surface area contributed by atoms with Crippen LogP contribution in [0.2, 0.25) is 0 Å². The number of rotatable bonds is 2. The topological polar surface area (TPSA) is 3.24 Å². The van der Waals surface area contributed by atoms with Gasteiger partial charge in [0.05, 0.1) is 0 Å². The first-order chi connectivity index (χ1) is 9.25. The molecule has 2 unspecified atom stereocenters. The minimum atomic E-state index is 0.279. The van der Waals surface area contributed by atoms with Crippen molar-refractivity contribution in [1.29, 1.82) is 0 Å². The summed E-state index contributed by atoms with van der Waals surface area (Å²) in [4.78, 5) is 2.44. The minimum Gasteiger partial charge on any atom is -0.378 e. The summed E-state index contributed by atoms with van der Waals surface area (Å²) in [5, 5.41) is 0. The zero-order valence-electron chi connectivity index (χ0n) is 14.5. The molecular formula is C19H33N. The van der Waals surface area contributed by atoms with Crippen molar-refractivity contribution in [3.8, 4) is 0 Å². The molecule has 0 aromatic heterocycles. The van der Waals surface area contributed by atoms with E-state index in [0.717, 1.165) is 23.7 Å². The van der Waals surface area contributed by atoms with E-state index in [1.54, 1.807) is 5.57 Å². The summed E-state index contributed by atoms with van der Waals surface area (Å²) in [6.45, 7) is 15.5. The van der Waals surface area contributed by atoms with Crippen LogP contribution in [0.25, 0.3) is 0 Å². The fourth-order valence-electron chi connectivity index (χ4n) is 4.04. The number of hydrogen-bond donors (Lipinski definition) is 0. The maximum atomic E-state index is 2.51. The van der Waals surface area contributed by atoms with Gasteiger partial charge in [-0.1, -0.05) is 46.8 Å². The fourth-order valence-corrected chi connectivity index (χ4v) is 4.04. The van der Waals surface area contributed by atoms with E-state index in [9.17, 15) is 0 Å². The third-order valence-corrected chi connectivity index (χ3v) is 6.33.